The molecule has 0 radical (unpaired) electrons. The van der Waals surface area contributed by atoms with Crippen LogP contribution in [0.4, 0.5) is 10.1 Å². The van der Waals surface area contributed by atoms with Gasteiger partial charge >= 0.3 is 0 Å². The summed E-state index contributed by atoms with van der Waals surface area (Å²) >= 11 is 0. The second kappa shape index (κ2) is 6.91. The van der Waals surface area contributed by atoms with E-state index in [4.69, 9.17) is 0 Å². The number of allylic oxidation sites excluding steroid dienone is 2. The predicted molar refractivity (Wildman–Crippen MR) is 119 cm³/mol. The van der Waals surface area contributed by atoms with Gasteiger partial charge < -0.3 is 5.32 Å². The fourth-order valence-electron chi connectivity index (χ4n) is 5.02. The topological polar surface area (TPSA) is 57.8 Å². The number of H-pyrrole nitrogens is 1. The zero-order valence-corrected chi connectivity index (χ0v) is 16.8. The summed E-state index contributed by atoms with van der Waals surface area (Å²) in [7, 11) is 0. The van der Waals surface area contributed by atoms with Crippen LogP contribution < -0.4 is 5.32 Å². The van der Waals surface area contributed by atoms with Crippen LogP contribution in [0.2, 0.25) is 0 Å². The Balaban J connectivity index is 1.64. The number of carbonyl (C=O) groups is 1. The van der Waals surface area contributed by atoms with Crippen molar-refractivity contribution in [3.05, 3.63) is 95.1 Å². The number of rotatable bonds is 2. The van der Waals surface area contributed by atoms with Crippen molar-refractivity contribution in [1.82, 2.24) is 10.2 Å². The molecule has 1 aliphatic heterocycles. The average Bonchev–Trinajstić information content (AvgIpc) is 3.28. The molecule has 0 bridgehead atoms. The van der Waals surface area contributed by atoms with Crippen LogP contribution in [0, 0.1) is 5.82 Å². The predicted octanol–water partition coefficient (Wildman–Crippen LogP) is 5.93. The summed E-state index contributed by atoms with van der Waals surface area (Å²) in [4.78, 5) is 13.2. The Morgan fingerprint density at radius 2 is 1.81 bits per heavy atom. The van der Waals surface area contributed by atoms with E-state index >= 15 is 0 Å². The number of hydrogen-bond acceptors (Lipinski definition) is 3. The molecule has 1 unspecified atom stereocenters. The zero-order valence-electron chi connectivity index (χ0n) is 16.8. The normalized spacial score (nSPS) is 18.0. The molecule has 4 nitrogen and oxygen atoms in total. The number of aromatic nitrogens is 2. The lowest BCUT2D eigenvalue weighted by molar-refractivity contribution is -0.116. The Hall–Kier alpha value is -3.73. The van der Waals surface area contributed by atoms with Gasteiger partial charge in [-0.1, -0.05) is 30.3 Å². The second-order valence-corrected chi connectivity index (χ2v) is 8.18. The van der Waals surface area contributed by atoms with Crippen molar-refractivity contribution in [3.8, 4) is 11.3 Å². The van der Waals surface area contributed by atoms with Gasteiger partial charge in [-0.3, -0.25) is 9.89 Å². The lowest BCUT2D eigenvalue weighted by Crippen LogP contribution is -2.27. The Morgan fingerprint density at radius 1 is 0.968 bits per heavy atom. The molecule has 2 N–H and O–H groups in total. The summed E-state index contributed by atoms with van der Waals surface area (Å²) in [5.41, 5.74) is 6.57. The van der Waals surface area contributed by atoms with Gasteiger partial charge in [-0.25, -0.2) is 4.39 Å². The third-order valence-corrected chi connectivity index (χ3v) is 6.40. The van der Waals surface area contributed by atoms with Crippen molar-refractivity contribution in [2.45, 2.75) is 25.2 Å². The van der Waals surface area contributed by atoms with E-state index in [0.717, 1.165) is 63.0 Å². The number of halogens is 1. The lowest BCUT2D eigenvalue weighted by atomic mass is 9.74. The van der Waals surface area contributed by atoms with Crippen LogP contribution in [0.5, 0.6) is 0 Å². The van der Waals surface area contributed by atoms with Crippen molar-refractivity contribution < 1.29 is 9.18 Å². The third kappa shape index (κ3) is 2.81. The molecule has 3 aromatic carbocycles. The fourth-order valence-corrected chi connectivity index (χ4v) is 5.02. The number of aromatic amines is 1. The van der Waals surface area contributed by atoms with Crippen molar-refractivity contribution in [1.29, 1.82) is 0 Å². The highest BCUT2D eigenvalue weighted by atomic mass is 19.1. The first-order valence-corrected chi connectivity index (χ1v) is 10.5. The number of nitrogens with zero attached hydrogens (tertiary/aromatic N) is 1. The monoisotopic (exact) mass is 409 g/mol. The molecule has 0 saturated heterocycles. The Labute approximate surface area is 178 Å². The van der Waals surface area contributed by atoms with Crippen LogP contribution >= 0.6 is 0 Å². The van der Waals surface area contributed by atoms with Crippen molar-refractivity contribution in [3.63, 3.8) is 0 Å². The molecule has 0 fully saturated rings. The first kappa shape index (κ1) is 18.1. The lowest BCUT2D eigenvalue weighted by Gasteiger charge is -2.34. The molecule has 2 heterocycles. The molecule has 2 aliphatic rings. The van der Waals surface area contributed by atoms with Gasteiger partial charge in [0.15, 0.2) is 5.78 Å². The molecule has 152 valence electrons. The molecule has 1 aromatic heterocycles. The van der Waals surface area contributed by atoms with Crippen LogP contribution in [0.1, 0.15) is 36.3 Å². The standard InChI is InChI=1S/C26H20FN3O/c27-17-11-8-16(9-12-17)26-19(14-28-30-26)24-23-18-5-2-1-4-15(18)10-13-21(23)29-20-6-3-7-22(31)25(20)24/h1-2,4-5,8-14,24,29H,3,6-7H2,(H,28,30). The van der Waals surface area contributed by atoms with Crippen LogP contribution in [-0.4, -0.2) is 16.0 Å². The summed E-state index contributed by atoms with van der Waals surface area (Å²) in [5.74, 6) is -0.331. The highest BCUT2D eigenvalue weighted by Gasteiger charge is 2.37. The van der Waals surface area contributed by atoms with E-state index in [1.807, 2.05) is 18.3 Å². The molecule has 4 aromatic rings. The van der Waals surface area contributed by atoms with E-state index in [-0.39, 0.29) is 17.5 Å². The van der Waals surface area contributed by atoms with E-state index in [9.17, 15) is 9.18 Å². The molecule has 5 heteroatoms. The fraction of sp³-hybridized carbons (Fsp3) is 0.154. The maximum Gasteiger partial charge on any atom is 0.161 e. The molecule has 0 amide bonds. The van der Waals surface area contributed by atoms with Gasteiger partial charge in [-0.2, -0.15) is 5.10 Å². The smallest absolute Gasteiger partial charge is 0.161 e. The third-order valence-electron chi connectivity index (χ3n) is 6.40. The minimum absolute atomic E-state index is 0.184. The number of anilines is 1. The quantitative estimate of drug-likeness (QED) is 0.431. The van der Waals surface area contributed by atoms with E-state index in [1.165, 1.54) is 12.1 Å². The zero-order chi connectivity index (χ0) is 20.9. The van der Waals surface area contributed by atoms with Gasteiger partial charge in [0, 0.05) is 40.4 Å². The average molecular weight is 409 g/mol. The molecule has 31 heavy (non-hydrogen) atoms. The summed E-state index contributed by atoms with van der Waals surface area (Å²) in [6, 6.07) is 18.9. The second-order valence-electron chi connectivity index (χ2n) is 8.18. The number of nitrogens with one attached hydrogen (secondary N) is 2. The number of fused-ring (bicyclic) bond motifs is 3. The van der Waals surface area contributed by atoms with Gasteiger partial charge in [-0.05, 0) is 59.5 Å². The van der Waals surface area contributed by atoms with E-state index in [2.05, 4.69) is 39.8 Å². The summed E-state index contributed by atoms with van der Waals surface area (Å²) in [5, 5.41) is 13.2. The molecule has 1 atom stereocenters. The highest BCUT2D eigenvalue weighted by molar-refractivity contribution is 6.04. The minimum atomic E-state index is -0.282. The van der Waals surface area contributed by atoms with Gasteiger partial charge in [0.1, 0.15) is 5.82 Å². The summed E-state index contributed by atoms with van der Waals surface area (Å²) in [6.45, 7) is 0. The Morgan fingerprint density at radius 3 is 2.68 bits per heavy atom. The van der Waals surface area contributed by atoms with Gasteiger partial charge in [0.25, 0.3) is 0 Å². The van der Waals surface area contributed by atoms with E-state index in [0.29, 0.717) is 6.42 Å². The van der Waals surface area contributed by atoms with Crippen LogP contribution in [0.3, 0.4) is 0 Å². The number of Topliss-reactive ketones (excluding diaryl/α,β-unsaturated/α-hetero) is 1. The minimum Gasteiger partial charge on any atom is -0.358 e. The van der Waals surface area contributed by atoms with Crippen LogP contribution in [0.15, 0.2) is 78.1 Å². The Bertz CT molecular complexity index is 1370. The first-order valence-electron chi connectivity index (χ1n) is 10.5. The van der Waals surface area contributed by atoms with Gasteiger partial charge in [0.05, 0.1) is 11.9 Å². The number of ketones is 1. The van der Waals surface area contributed by atoms with E-state index in [1.54, 1.807) is 12.1 Å². The maximum atomic E-state index is 13.5. The maximum absolute atomic E-state index is 13.5. The SMILES string of the molecule is O=C1CCCC2=C1C(c1cn[nH]c1-c1ccc(F)cc1)c1c(ccc3ccccc13)N2. The highest BCUT2D eigenvalue weighted by Crippen LogP contribution is 2.49. The molecule has 6 rings (SSSR count). The number of hydrogen-bond donors (Lipinski definition) is 2. The van der Waals surface area contributed by atoms with Crippen LogP contribution in [0.25, 0.3) is 22.0 Å². The molecule has 1 aliphatic carbocycles. The molecule has 0 saturated carbocycles. The first-order chi connectivity index (χ1) is 15.2. The van der Waals surface area contributed by atoms with E-state index < -0.39 is 0 Å². The van der Waals surface area contributed by atoms with Crippen molar-refractivity contribution >= 4 is 22.2 Å². The summed E-state index contributed by atoms with van der Waals surface area (Å²) in [6.07, 6.45) is 4.08. The largest absolute Gasteiger partial charge is 0.358 e. The van der Waals surface area contributed by atoms with Gasteiger partial charge in [0.2, 0.25) is 0 Å². The van der Waals surface area contributed by atoms with Gasteiger partial charge in [-0.15, -0.1) is 0 Å². The molecular weight excluding hydrogens is 389 g/mol. The Kier molecular flexibility index (Phi) is 4.03. The van der Waals surface area contributed by atoms with Crippen molar-refractivity contribution in [2.24, 2.45) is 0 Å². The number of benzene rings is 3. The molecule has 0 spiro atoms. The number of carbonyl (C=O) groups excluding carboxylic acids is 1. The van der Waals surface area contributed by atoms with Crippen LogP contribution in [-0.2, 0) is 4.79 Å². The molecular formula is C26H20FN3O. The summed E-state index contributed by atoms with van der Waals surface area (Å²) < 4.78 is 13.5. The van der Waals surface area contributed by atoms with Crippen molar-refractivity contribution in [2.75, 3.05) is 5.32 Å².